The molecule has 1 atom stereocenters. The number of nitrogens with two attached hydrogens (primary N) is 1. The van der Waals surface area contributed by atoms with E-state index in [1.807, 2.05) is 55.5 Å². The normalized spacial score (nSPS) is 12.8. The Bertz CT molecular complexity index is 934. The summed E-state index contributed by atoms with van der Waals surface area (Å²) in [6.45, 7) is 6.27. The van der Waals surface area contributed by atoms with Gasteiger partial charge in [-0.05, 0) is 38.5 Å². The number of allylic oxidation sites excluding steroid dienone is 2. The van der Waals surface area contributed by atoms with Crippen molar-refractivity contribution in [3.8, 4) is 11.5 Å². The Morgan fingerprint density at radius 3 is 2.69 bits per heavy atom. The lowest BCUT2D eigenvalue weighted by Crippen LogP contribution is -2.18. The van der Waals surface area contributed by atoms with Gasteiger partial charge in [-0.3, -0.25) is 4.98 Å². The van der Waals surface area contributed by atoms with Crippen molar-refractivity contribution in [2.24, 2.45) is 0 Å². The van der Waals surface area contributed by atoms with Crippen LogP contribution in [0.2, 0.25) is 0 Å². The second kappa shape index (κ2) is 7.91. The van der Waals surface area contributed by atoms with Crippen molar-refractivity contribution in [2.45, 2.75) is 33.2 Å². The fraction of sp³-hybridized carbons (Fsp3) is 0.227. The molecule has 1 unspecified atom stereocenters. The highest BCUT2D eigenvalue weighted by atomic mass is 16.5. The van der Waals surface area contributed by atoms with Gasteiger partial charge in [0.15, 0.2) is 0 Å². The molecule has 2 aromatic carbocycles. The van der Waals surface area contributed by atoms with Crippen molar-refractivity contribution in [1.29, 1.82) is 0 Å². The molecule has 4 nitrogen and oxygen atoms in total. The predicted octanol–water partition coefficient (Wildman–Crippen LogP) is 5.57. The molecule has 0 saturated heterocycles. The van der Waals surface area contributed by atoms with Crippen molar-refractivity contribution in [1.82, 2.24) is 10.3 Å². The fourth-order valence-electron chi connectivity index (χ4n) is 2.98. The molecule has 134 valence electrons. The van der Waals surface area contributed by atoms with Gasteiger partial charge in [0.2, 0.25) is 0 Å². The summed E-state index contributed by atoms with van der Waals surface area (Å²) in [5.74, 6) is 1.55. The number of hydrogen-bond acceptors (Lipinski definition) is 4. The largest absolute Gasteiger partial charge is 0.457 e. The van der Waals surface area contributed by atoms with E-state index >= 15 is 0 Å². The maximum absolute atomic E-state index is 6.16. The lowest BCUT2D eigenvalue weighted by Gasteiger charge is -2.17. The molecule has 0 amide bonds. The first-order chi connectivity index (χ1) is 12.6. The molecule has 26 heavy (non-hydrogen) atoms. The smallest absolute Gasteiger partial charge is 0.135 e. The molecule has 0 spiro atoms. The third-order valence-corrected chi connectivity index (χ3v) is 4.47. The minimum atomic E-state index is 0.105. The van der Waals surface area contributed by atoms with Crippen LogP contribution in [0.15, 0.2) is 66.5 Å². The molecule has 0 bridgehead atoms. The van der Waals surface area contributed by atoms with Gasteiger partial charge in [-0.2, -0.15) is 0 Å². The van der Waals surface area contributed by atoms with Crippen LogP contribution in [-0.2, 0) is 0 Å². The summed E-state index contributed by atoms with van der Waals surface area (Å²) in [5, 5.41) is 5.48. The Kier molecular flexibility index (Phi) is 5.42. The maximum atomic E-state index is 6.16. The predicted molar refractivity (Wildman–Crippen MR) is 108 cm³/mol. The van der Waals surface area contributed by atoms with Crippen molar-refractivity contribution in [2.75, 3.05) is 5.73 Å². The molecule has 1 heterocycles. The minimum Gasteiger partial charge on any atom is -0.457 e. The molecule has 4 heteroatoms. The first-order valence-electron chi connectivity index (χ1n) is 8.95. The van der Waals surface area contributed by atoms with Gasteiger partial charge < -0.3 is 15.8 Å². The number of aromatic nitrogens is 1. The van der Waals surface area contributed by atoms with Gasteiger partial charge in [0.05, 0.1) is 11.7 Å². The molecule has 1 aromatic heterocycles. The van der Waals surface area contributed by atoms with Gasteiger partial charge in [-0.25, -0.2) is 0 Å². The monoisotopic (exact) mass is 347 g/mol. The van der Waals surface area contributed by atoms with Gasteiger partial charge in [0.25, 0.3) is 0 Å². The van der Waals surface area contributed by atoms with Crippen LogP contribution in [0.3, 0.4) is 0 Å². The summed E-state index contributed by atoms with van der Waals surface area (Å²) in [6, 6.07) is 15.7. The number of rotatable bonds is 6. The van der Waals surface area contributed by atoms with Gasteiger partial charge in [-0.15, -0.1) is 0 Å². The van der Waals surface area contributed by atoms with E-state index in [0.717, 1.165) is 40.1 Å². The van der Waals surface area contributed by atoms with Crippen LogP contribution in [0.25, 0.3) is 10.8 Å². The standard InChI is InChI=1S/C22H25N3O/c1-4-16(5-2)25-15(3)21-14-17(12-13-24-21)26-22-11-10-20(23)18-8-6-7-9-19(18)22/h4,6-15,25H,5,23H2,1-3H3/b16-4-. The van der Waals surface area contributed by atoms with Gasteiger partial charge >= 0.3 is 0 Å². The van der Waals surface area contributed by atoms with Crippen LogP contribution >= 0.6 is 0 Å². The number of hydrogen-bond donors (Lipinski definition) is 2. The van der Waals surface area contributed by atoms with Crippen LogP contribution in [0.5, 0.6) is 11.5 Å². The van der Waals surface area contributed by atoms with E-state index < -0.39 is 0 Å². The van der Waals surface area contributed by atoms with Crippen molar-refractivity contribution < 1.29 is 4.74 Å². The number of anilines is 1. The SMILES string of the molecule is C/C=C(/CC)NC(C)c1cc(Oc2ccc(N)c3ccccc23)ccn1. The van der Waals surface area contributed by atoms with Crippen LogP contribution < -0.4 is 15.8 Å². The molecule has 0 aliphatic carbocycles. The van der Waals surface area contributed by atoms with E-state index in [1.54, 1.807) is 6.20 Å². The number of ether oxygens (including phenoxy) is 1. The summed E-state index contributed by atoms with van der Waals surface area (Å²) in [7, 11) is 0. The third kappa shape index (κ3) is 3.80. The van der Waals surface area contributed by atoms with E-state index in [4.69, 9.17) is 10.5 Å². The lowest BCUT2D eigenvalue weighted by molar-refractivity contribution is 0.484. The Morgan fingerprint density at radius 2 is 1.96 bits per heavy atom. The Hall–Kier alpha value is -3.01. The van der Waals surface area contributed by atoms with E-state index in [1.165, 1.54) is 5.70 Å². The zero-order valence-electron chi connectivity index (χ0n) is 15.5. The van der Waals surface area contributed by atoms with E-state index in [2.05, 4.69) is 30.2 Å². The van der Waals surface area contributed by atoms with Crippen LogP contribution in [0.4, 0.5) is 5.69 Å². The fourth-order valence-corrected chi connectivity index (χ4v) is 2.98. The number of benzene rings is 2. The first kappa shape index (κ1) is 17.8. The topological polar surface area (TPSA) is 60.2 Å². The zero-order chi connectivity index (χ0) is 18.5. The van der Waals surface area contributed by atoms with E-state index in [9.17, 15) is 0 Å². The van der Waals surface area contributed by atoms with Crippen LogP contribution in [-0.4, -0.2) is 4.98 Å². The summed E-state index contributed by atoms with van der Waals surface area (Å²) >= 11 is 0. The molecular formula is C22H25N3O. The lowest BCUT2D eigenvalue weighted by atomic mass is 10.1. The Labute approximate surface area is 154 Å². The number of pyridine rings is 1. The minimum absolute atomic E-state index is 0.105. The van der Waals surface area contributed by atoms with Crippen molar-refractivity contribution in [3.05, 3.63) is 72.2 Å². The molecule has 0 aliphatic heterocycles. The van der Waals surface area contributed by atoms with Crippen molar-refractivity contribution >= 4 is 16.5 Å². The van der Waals surface area contributed by atoms with Gasteiger partial charge in [0, 0.05) is 34.4 Å². The van der Waals surface area contributed by atoms with Crippen molar-refractivity contribution in [3.63, 3.8) is 0 Å². The molecule has 3 rings (SSSR count). The Morgan fingerprint density at radius 1 is 1.19 bits per heavy atom. The molecule has 0 saturated carbocycles. The van der Waals surface area contributed by atoms with E-state index in [-0.39, 0.29) is 6.04 Å². The van der Waals surface area contributed by atoms with Crippen LogP contribution in [0.1, 0.15) is 38.9 Å². The van der Waals surface area contributed by atoms with Gasteiger partial charge in [0.1, 0.15) is 11.5 Å². The summed E-state index contributed by atoms with van der Waals surface area (Å²) in [5.41, 5.74) is 8.97. The Balaban J connectivity index is 1.87. The average molecular weight is 347 g/mol. The quantitative estimate of drug-likeness (QED) is 0.572. The average Bonchev–Trinajstić information content (AvgIpc) is 2.68. The number of nitrogens with one attached hydrogen (secondary N) is 1. The number of nitrogen functional groups attached to an aromatic ring is 1. The highest BCUT2D eigenvalue weighted by molar-refractivity contribution is 5.97. The first-order valence-corrected chi connectivity index (χ1v) is 8.95. The molecule has 0 aliphatic rings. The summed E-state index contributed by atoms with van der Waals surface area (Å²) in [6.07, 6.45) is 4.84. The molecule has 0 radical (unpaired) electrons. The zero-order valence-corrected chi connectivity index (χ0v) is 15.5. The van der Waals surface area contributed by atoms with E-state index in [0.29, 0.717) is 0 Å². The second-order valence-electron chi connectivity index (χ2n) is 6.25. The van der Waals surface area contributed by atoms with Crippen LogP contribution in [0, 0.1) is 0 Å². The third-order valence-electron chi connectivity index (χ3n) is 4.47. The second-order valence-corrected chi connectivity index (χ2v) is 6.25. The number of fused-ring (bicyclic) bond motifs is 1. The number of nitrogens with zero attached hydrogens (tertiary/aromatic N) is 1. The summed E-state index contributed by atoms with van der Waals surface area (Å²) in [4.78, 5) is 4.49. The maximum Gasteiger partial charge on any atom is 0.135 e. The summed E-state index contributed by atoms with van der Waals surface area (Å²) < 4.78 is 6.16. The molecule has 3 N–H and O–H groups in total. The molecule has 3 aromatic rings. The van der Waals surface area contributed by atoms with Gasteiger partial charge in [-0.1, -0.05) is 37.3 Å². The molecular weight excluding hydrogens is 322 g/mol. The highest BCUT2D eigenvalue weighted by Gasteiger charge is 2.10. The molecule has 0 fully saturated rings. The highest BCUT2D eigenvalue weighted by Crippen LogP contribution is 2.33.